The molecule has 0 saturated carbocycles. The Morgan fingerprint density at radius 2 is 2.14 bits per heavy atom. The molecule has 1 aliphatic heterocycles. The van der Waals surface area contributed by atoms with E-state index in [9.17, 15) is 9.59 Å². The molecule has 2 rings (SSSR count). The van der Waals surface area contributed by atoms with Crippen LogP contribution < -0.4 is 22.3 Å². The number of rotatable bonds is 5. The quantitative estimate of drug-likeness (QED) is 0.725. The fourth-order valence-electron chi connectivity index (χ4n) is 2.82. The van der Waals surface area contributed by atoms with Gasteiger partial charge in [0.15, 0.2) is 0 Å². The number of nitrogen functional groups attached to an aromatic ring is 1. The van der Waals surface area contributed by atoms with Gasteiger partial charge in [-0.15, -0.1) is 0 Å². The highest BCUT2D eigenvalue weighted by molar-refractivity contribution is 5.60. The highest BCUT2D eigenvalue weighted by Crippen LogP contribution is 2.19. The van der Waals surface area contributed by atoms with Crippen LogP contribution in [-0.4, -0.2) is 40.1 Å². The van der Waals surface area contributed by atoms with E-state index >= 15 is 0 Å². The van der Waals surface area contributed by atoms with Gasteiger partial charge in [-0.1, -0.05) is 0 Å². The van der Waals surface area contributed by atoms with E-state index in [1.54, 1.807) is 0 Å². The van der Waals surface area contributed by atoms with Gasteiger partial charge in [0.25, 0.3) is 5.56 Å². The Morgan fingerprint density at radius 3 is 2.71 bits per heavy atom. The van der Waals surface area contributed by atoms with Crippen LogP contribution in [0.25, 0.3) is 0 Å². The van der Waals surface area contributed by atoms with E-state index < -0.39 is 11.2 Å². The first kappa shape index (κ1) is 15.6. The molecule has 1 saturated heterocycles. The van der Waals surface area contributed by atoms with Crippen molar-refractivity contribution in [3.05, 3.63) is 20.8 Å². The molecule has 1 unspecified atom stereocenters. The minimum absolute atomic E-state index is 0.213. The standard InChI is InChI=1S/C14H25N5O2/c1-4-19-12(15)11(13(20)17-14(19)21)16-7-10-5-6-18(8-10)9(2)3/h9-10,16H,4-8,15H2,1-3H3,(H,17,20,21). The Bertz CT molecular complexity index is 604. The molecule has 1 aliphatic rings. The Hall–Kier alpha value is -1.76. The lowest BCUT2D eigenvalue weighted by atomic mass is 10.1. The fourth-order valence-corrected chi connectivity index (χ4v) is 2.82. The van der Waals surface area contributed by atoms with E-state index in [0.29, 0.717) is 30.7 Å². The maximum absolute atomic E-state index is 11.9. The minimum Gasteiger partial charge on any atom is -0.383 e. The summed E-state index contributed by atoms with van der Waals surface area (Å²) in [5.41, 5.74) is 5.33. The average molecular weight is 295 g/mol. The second-order valence-corrected chi connectivity index (χ2v) is 5.89. The van der Waals surface area contributed by atoms with Crippen LogP contribution >= 0.6 is 0 Å². The third kappa shape index (κ3) is 3.29. The molecule has 0 spiro atoms. The third-order valence-corrected chi connectivity index (χ3v) is 4.17. The van der Waals surface area contributed by atoms with Crippen LogP contribution in [0.15, 0.2) is 9.59 Å². The van der Waals surface area contributed by atoms with Crippen molar-refractivity contribution in [1.29, 1.82) is 0 Å². The molecule has 2 heterocycles. The zero-order valence-corrected chi connectivity index (χ0v) is 13.0. The van der Waals surface area contributed by atoms with Crippen molar-refractivity contribution in [3.63, 3.8) is 0 Å². The van der Waals surface area contributed by atoms with Crippen molar-refractivity contribution < 1.29 is 0 Å². The number of nitrogens with zero attached hydrogens (tertiary/aromatic N) is 2. The lowest BCUT2D eigenvalue weighted by Crippen LogP contribution is -2.34. The number of H-pyrrole nitrogens is 1. The number of aromatic nitrogens is 2. The van der Waals surface area contributed by atoms with Crippen LogP contribution in [0, 0.1) is 5.92 Å². The van der Waals surface area contributed by atoms with Crippen LogP contribution in [0.3, 0.4) is 0 Å². The van der Waals surface area contributed by atoms with E-state index in [0.717, 1.165) is 19.5 Å². The molecule has 0 aliphatic carbocycles. The van der Waals surface area contributed by atoms with Gasteiger partial charge in [-0.2, -0.15) is 0 Å². The molecule has 7 heteroatoms. The maximum Gasteiger partial charge on any atom is 0.330 e. The number of hydrogen-bond donors (Lipinski definition) is 3. The lowest BCUT2D eigenvalue weighted by Gasteiger charge is -2.20. The molecule has 0 radical (unpaired) electrons. The molecular weight excluding hydrogens is 270 g/mol. The SMILES string of the molecule is CCn1c(N)c(NCC2CCN(C(C)C)C2)c(=O)[nH]c1=O. The second kappa shape index (κ2) is 6.34. The monoisotopic (exact) mass is 295 g/mol. The minimum atomic E-state index is -0.461. The highest BCUT2D eigenvalue weighted by Gasteiger charge is 2.24. The summed E-state index contributed by atoms with van der Waals surface area (Å²) < 4.78 is 1.36. The molecule has 21 heavy (non-hydrogen) atoms. The summed E-state index contributed by atoms with van der Waals surface area (Å²) in [6, 6.07) is 0.547. The molecule has 7 nitrogen and oxygen atoms in total. The Balaban J connectivity index is 2.08. The summed E-state index contributed by atoms with van der Waals surface area (Å²) in [6.45, 7) is 9.43. The molecule has 0 aromatic carbocycles. The number of nitrogens with one attached hydrogen (secondary N) is 2. The molecule has 1 aromatic heterocycles. The third-order valence-electron chi connectivity index (χ3n) is 4.17. The van der Waals surface area contributed by atoms with Crippen molar-refractivity contribution >= 4 is 11.5 Å². The second-order valence-electron chi connectivity index (χ2n) is 5.89. The first-order valence-corrected chi connectivity index (χ1v) is 7.54. The summed E-state index contributed by atoms with van der Waals surface area (Å²) in [4.78, 5) is 28.2. The van der Waals surface area contributed by atoms with Gasteiger partial charge in [0, 0.05) is 25.7 Å². The van der Waals surface area contributed by atoms with Crippen molar-refractivity contribution in [2.24, 2.45) is 5.92 Å². The molecule has 1 aromatic rings. The number of anilines is 2. The Morgan fingerprint density at radius 1 is 1.43 bits per heavy atom. The summed E-state index contributed by atoms with van der Waals surface area (Å²) in [5.74, 6) is 0.707. The van der Waals surface area contributed by atoms with Crippen LogP contribution in [0.4, 0.5) is 11.5 Å². The predicted octanol–water partition coefficient (Wildman–Crippen LogP) is 0.281. The van der Waals surface area contributed by atoms with Crippen molar-refractivity contribution in [2.75, 3.05) is 30.7 Å². The largest absolute Gasteiger partial charge is 0.383 e. The van der Waals surface area contributed by atoms with E-state index in [2.05, 4.69) is 29.0 Å². The highest BCUT2D eigenvalue weighted by atomic mass is 16.2. The lowest BCUT2D eigenvalue weighted by molar-refractivity contribution is 0.266. The molecule has 1 fully saturated rings. The molecular formula is C14H25N5O2. The van der Waals surface area contributed by atoms with Gasteiger partial charge in [-0.3, -0.25) is 14.3 Å². The fraction of sp³-hybridized carbons (Fsp3) is 0.714. The molecule has 118 valence electrons. The summed E-state index contributed by atoms with van der Waals surface area (Å²) in [6.07, 6.45) is 1.11. The summed E-state index contributed by atoms with van der Waals surface area (Å²) >= 11 is 0. The van der Waals surface area contributed by atoms with Crippen LogP contribution in [0.2, 0.25) is 0 Å². The van der Waals surface area contributed by atoms with Crippen molar-refractivity contribution in [3.8, 4) is 0 Å². The van der Waals surface area contributed by atoms with E-state index in [1.165, 1.54) is 4.57 Å². The first-order valence-electron chi connectivity index (χ1n) is 7.54. The van der Waals surface area contributed by atoms with E-state index in [1.807, 2.05) is 6.92 Å². The number of hydrogen-bond acceptors (Lipinski definition) is 5. The van der Waals surface area contributed by atoms with Gasteiger partial charge in [0.05, 0.1) is 0 Å². The van der Waals surface area contributed by atoms with E-state index in [4.69, 9.17) is 5.73 Å². The number of aromatic amines is 1. The molecule has 1 atom stereocenters. The zero-order valence-electron chi connectivity index (χ0n) is 13.0. The van der Waals surface area contributed by atoms with Crippen LogP contribution in [0.1, 0.15) is 27.2 Å². The molecule has 0 amide bonds. The van der Waals surface area contributed by atoms with Gasteiger partial charge in [0.2, 0.25) is 0 Å². The summed E-state index contributed by atoms with van der Waals surface area (Å²) in [5, 5.41) is 3.13. The van der Waals surface area contributed by atoms with Gasteiger partial charge >= 0.3 is 5.69 Å². The first-order chi connectivity index (χ1) is 9.93. The van der Waals surface area contributed by atoms with E-state index in [-0.39, 0.29) is 5.82 Å². The number of likely N-dealkylation sites (tertiary alicyclic amines) is 1. The molecule has 4 N–H and O–H groups in total. The van der Waals surface area contributed by atoms with Gasteiger partial charge in [-0.05, 0) is 39.7 Å². The predicted molar refractivity (Wildman–Crippen MR) is 84.7 cm³/mol. The van der Waals surface area contributed by atoms with Gasteiger partial charge in [0.1, 0.15) is 11.5 Å². The topological polar surface area (TPSA) is 96.2 Å². The van der Waals surface area contributed by atoms with Gasteiger partial charge in [-0.25, -0.2) is 4.79 Å². The van der Waals surface area contributed by atoms with Crippen LogP contribution in [-0.2, 0) is 6.54 Å². The van der Waals surface area contributed by atoms with Crippen LogP contribution in [0.5, 0.6) is 0 Å². The Labute approximate surface area is 124 Å². The van der Waals surface area contributed by atoms with Crippen molar-refractivity contribution in [1.82, 2.24) is 14.5 Å². The number of nitrogens with two attached hydrogens (primary N) is 1. The normalized spacial score (nSPS) is 19.3. The van der Waals surface area contributed by atoms with Gasteiger partial charge < -0.3 is 16.0 Å². The maximum atomic E-state index is 11.9. The average Bonchev–Trinajstić information content (AvgIpc) is 2.87. The zero-order chi connectivity index (χ0) is 15.6. The summed E-state index contributed by atoms with van der Waals surface area (Å²) in [7, 11) is 0. The van der Waals surface area contributed by atoms with Crippen molar-refractivity contribution in [2.45, 2.75) is 39.8 Å². The smallest absolute Gasteiger partial charge is 0.330 e. The Kier molecular flexibility index (Phi) is 4.72. The molecule has 0 bridgehead atoms.